The summed E-state index contributed by atoms with van der Waals surface area (Å²) in [7, 11) is 0. The van der Waals surface area contributed by atoms with Gasteiger partial charge in [-0.25, -0.2) is 4.98 Å². The Hall–Kier alpha value is -5.54. The second-order valence-electron chi connectivity index (χ2n) is 10.9. The fraction of sp³-hybridized carbons (Fsp3) is 0.0500. The fourth-order valence-electron chi connectivity index (χ4n) is 6.50. The first-order chi connectivity index (χ1) is 21.3. The molecular weight excluding hydrogens is 522 g/mol. The molecule has 0 aliphatic heterocycles. The summed E-state index contributed by atoms with van der Waals surface area (Å²) in [6.45, 7) is 2.16. The zero-order valence-corrected chi connectivity index (χ0v) is 23.9. The van der Waals surface area contributed by atoms with Crippen LogP contribution < -0.4 is 0 Å². The van der Waals surface area contributed by atoms with Gasteiger partial charge in [0.2, 0.25) is 0 Å². The van der Waals surface area contributed by atoms with Crippen LogP contribution in [0.1, 0.15) is 12.7 Å². The second kappa shape index (κ2) is 10.4. The Morgan fingerprint density at radius 1 is 0.535 bits per heavy atom. The zero-order valence-electron chi connectivity index (χ0n) is 23.9. The molecule has 2 heterocycles. The molecule has 3 heteroatoms. The first-order valence-electron chi connectivity index (χ1n) is 14.8. The number of pyridine rings is 1. The number of hydrogen-bond acceptors (Lipinski definition) is 2. The minimum Gasteiger partial charge on any atom is -0.296 e. The molecule has 2 aromatic heterocycles. The lowest BCUT2D eigenvalue weighted by atomic mass is 9.85. The summed E-state index contributed by atoms with van der Waals surface area (Å²) in [5, 5.41) is 4.98. The number of para-hydroxylation sites is 2. The third-order valence-electron chi connectivity index (χ3n) is 8.40. The molecule has 8 rings (SSSR count). The van der Waals surface area contributed by atoms with Crippen molar-refractivity contribution in [1.82, 2.24) is 14.5 Å². The molecule has 0 spiro atoms. The van der Waals surface area contributed by atoms with E-state index in [-0.39, 0.29) is 0 Å². The minimum absolute atomic E-state index is 0.870. The van der Waals surface area contributed by atoms with E-state index < -0.39 is 0 Å². The van der Waals surface area contributed by atoms with Crippen LogP contribution in [0.3, 0.4) is 0 Å². The van der Waals surface area contributed by atoms with Crippen molar-refractivity contribution in [3.8, 4) is 39.2 Å². The molecule has 0 saturated carbocycles. The number of aryl methyl sites for hydroxylation is 1. The monoisotopic (exact) mass is 551 g/mol. The van der Waals surface area contributed by atoms with Gasteiger partial charge in [0.15, 0.2) is 0 Å². The third kappa shape index (κ3) is 4.21. The van der Waals surface area contributed by atoms with E-state index in [4.69, 9.17) is 4.98 Å². The maximum Gasteiger partial charge on any atom is 0.114 e. The number of rotatable bonds is 5. The lowest BCUT2D eigenvalue weighted by Crippen LogP contribution is -2.00. The van der Waals surface area contributed by atoms with Crippen LogP contribution in [0.5, 0.6) is 0 Å². The van der Waals surface area contributed by atoms with E-state index in [0.29, 0.717) is 0 Å². The van der Waals surface area contributed by atoms with Crippen molar-refractivity contribution in [2.75, 3.05) is 0 Å². The first kappa shape index (κ1) is 25.2. The summed E-state index contributed by atoms with van der Waals surface area (Å²) >= 11 is 0. The molecule has 0 bridgehead atoms. The standard InChI is InChI=1S/C40H29N3/c1-2-38-42-36-19-7-8-20-37(36)43(38)30-23-21-27(22-24-30)39-31-14-3-5-16-33(31)40(34-17-6-4-15-32(34)39)29-13-11-12-28(26-29)35-18-9-10-25-41-35/h3-26H,2H2,1H3. The molecular formula is C40H29N3. The summed E-state index contributed by atoms with van der Waals surface area (Å²) in [5.41, 5.74) is 10.3. The van der Waals surface area contributed by atoms with E-state index in [0.717, 1.165) is 40.2 Å². The zero-order chi connectivity index (χ0) is 28.8. The van der Waals surface area contributed by atoms with Gasteiger partial charge in [-0.3, -0.25) is 9.55 Å². The predicted molar refractivity (Wildman–Crippen MR) is 180 cm³/mol. The smallest absolute Gasteiger partial charge is 0.114 e. The Balaban J connectivity index is 1.33. The molecule has 0 amide bonds. The molecule has 3 nitrogen and oxygen atoms in total. The highest BCUT2D eigenvalue weighted by Crippen LogP contribution is 2.44. The fourth-order valence-corrected chi connectivity index (χ4v) is 6.50. The van der Waals surface area contributed by atoms with Gasteiger partial charge in [0.25, 0.3) is 0 Å². The average Bonchev–Trinajstić information content (AvgIpc) is 3.46. The van der Waals surface area contributed by atoms with Crippen LogP contribution in [-0.4, -0.2) is 14.5 Å². The van der Waals surface area contributed by atoms with Crippen LogP contribution in [-0.2, 0) is 6.42 Å². The summed E-state index contributed by atoms with van der Waals surface area (Å²) in [4.78, 5) is 9.50. The SMILES string of the molecule is CCc1nc2ccccc2n1-c1ccc(-c2c3ccccc3c(-c3cccc(-c4ccccn4)c3)c3ccccc23)cc1. The van der Waals surface area contributed by atoms with E-state index in [9.17, 15) is 0 Å². The van der Waals surface area contributed by atoms with E-state index in [1.165, 1.54) is 43.8 Å². The number of imidazole rings is 1. The topological polar surface area (TPSA) is 30.7 Å². The van der Waals surface area contributed by atoms with Crippen molar-refractivity contribution >= 4 is 32.6 Å². The van der Waals surface area contributed by atoms with Crippen LogP contribution in [0.15, 0.2) is 146 Å². The van der Waals surface area contributed by atoms with Crippen molar-refractivity contribution in [2.45, 2.75) is 13.3 Å². The normalized spacial score (nSPS) is 11.5. The Morgan fingerprint density at radius 2 is 1.14 bits per heavy atom. The molecule has 43 heavy (non-hydrogen) atoms. The highest BCUT2D eigenvalue weighted by Gasteiger charge is 2.17. The van der Waals surface area contributed by atoms with Gasteiger partial charge in [0, 0.05) is 23.9 Å². The third-order valence-corrected chi connectivity index (χ3v) is 8.40. The molecule has 204 valence electrons. The van der Waals surface area contributed by atoms with Crippen molar-refractivity contribution < 1.29 is 0 Å². The molecule has 0 N–H and O–H groups in total. The van der Waals surface area contributed by atoms with Crippen LogP contribution in [0.2, 0.25) is 0 Å². The van der Waals surface area contributed by atoms with Gasteiger partial charge in [-0.1, -0.05) is 104 Å². The summed E-state index contributed by atoms with van der Waals surface area (Å²) in [6.07, 6.45) is 2.72. The molecule has 0 aliphatic rings. The van der Waals surface area contributed by atoms with Crippen molar-refractivity contribution in [2.24, 2.45) is 0 Å². The molecule has 0 fully saturated rings. The van der Waals surface area contributed by atoms with Gasteiger partial charge < -0.3 is 0 Å². The van der Waals surface area contributed by atoms with Crippen molar-refractivity contribution in [1.29, 1.82) is 0 Å². The summed E-state index contributed by atoms with van der Waals surface area (Å²) in [6, 6.07) is 49.8. The van der Waals surface area contributed by atoms with Crippen LogP contribution in [0.25, 0.3) is 71.8 Å². The Bertz CT molecular complexity index is 2200. The highest BCUT2D eigenvalue weighted by molar-refractivity contribution is 6.21. The van der Waals surface area contributed by atoms with Crippen LogP contribution in [0, 0.1) is 0 Å². The maximum atomic E-state index is 4.89. The van der Waals surface area contributed by atoms with Crippen molar-refractivity contribution in [3.63, 3.8) is 0 Å². The van der Waals surface area contributed by atoms with E-state index in [1.54, 1.807) is 0 Å². The van der Waals surface area contributed by atoms with Gasteiger partial charge in [-0.05, 0) is 86.3 Å². The van der Waals surface area contributed by atoms with Gasteiger partial charge in [-0.2, -0.15) is 0 Å². The molecule has 0 unspecified atom stereocenters. The van der Waals surface area contributed by atoms with Crippen molar-refractivity contribution in [3.05, 3.63) is 152 Å². The van der Waals surface area contributed by atoms with Crippen LogP contribution in [0.4, 0.5) is 0 Å². The Kier molecular flexibility index (Phi) is 6.08. The second-order valence-corrected chi connectivity index (χ2v) is 10.9. The van der Waals surface area contributed by atoms with E-state index in [2.05, 4.69) is 144 Å². The molecule has 0 aliphatic carbocycles. The van der Waals surface area contributed by atoms with Gasteiger partial charge >= 0.3 is 0 Å². The van der Waals surface area contributed by atoms with E-state index >= 15 is 0 Å². The number of benzene rings is 6. The lowest BCUT2D eigenvalue weighted by Gasteiger charge is -2.18. The van der Waals surface area contributed by atoms with E-state index in [1.807, 2.05) is 18.3 Å². The Labute approximate surface area is 250 Å². The van der Waals surface area contributed by atoms with Gasteiger partial charge in [0.05, 0.1) is 16.7 Å². The number of fused-ring (bicyclic) bond motifs is 3. The van der Waals surface area contributed by atoms with Crippen LogP contribution >= 0.6 is 0 Å². The molecule has 0 radical (unpaired) electrons. The Morgan fingerprint density at radius 3 is 1.79 bits per heavy atom. The largest absolute Gasteiger partial charge is 0.296 e. The summed E-state index contributed by atoms with van der Waals surface area (Å²) < 4.78 is 2.28. The first-order valence-corrected chi connectivity index (χ1v) is 14.8. The molecule has 0 saturated heterocycles. The molecule has 6 aromatic carbocycles. The maximum absolute atomic E-state index is 4.89. The van der Waals surface area contributed by atoms with Gasteiger partial charge in [-0.15, -0.1) is 0 Å². The minimum atomic E-state index is 0.870. The lowest BCUT2D eigenvalue weighted by molar-refractivity contribution is 0.908. The van der Waals surface area contributed by atoms with Gasteiger partial charge in [0.1, 0.15) is 5.82 Å². The predicted octanol–water partition coefficient (Wildman–Crippen LogP) is 10.3. The highest BCUT2D eigenvalue weighted by atomic mass is 15.1. The average molecular weight is 552 g/mol. The molecule has 8 aromatic rings. The number of aromatic nitrogens is 3. The summed E-state index contributed by atoms with van der Waals surface area (Å²) in [5.74, 6) is 1.07. The number of hydrogen-bond donors (Lipinski definition) is 0. The number of nitrogens with zero attached hydrogens (tertiary/aromatic N) is 3. The molecule has 0 atom stereocenters. The quantitative estimate of drug-likeness (QED) is 0.199.